The topological polar surface area (TPSA) is 43.9 Å². The number of hydrogen-bond donors (Lipinski definition) is 0. The van der Waals surface area contributed by atoms with E-state index in [-0.39, 0.29) is 0 Å². The number of aromatic nitrogens is 3. The molecule has 13 aromatic rings. The van der Waals surface area contributed by atoms with Crippen LogP contribution in [0, 0.1) is 0 Å². The van der Waals surface area contributed by atoms with E-state index in [9.17, 15) is 0 Å². The Morgan fingerprint density at radius 3 is 1.85 bits per heavy atom. The molecule has 0 fully saturated rings. The molecule has 0 amide bonds. The molecule has 0 radical (unpaired) electrons. The Kier molecular flexibility index (Phi) is 7.44. The van der Waals surface area contributed by atoms with Gasteiger partial charge in [0.1, 0.15) is 11.2 Å². The molecule has 0 aliphatic carbocycles. The van der Waals surface area contributed by atoms with Crippen molar-refractivity contribution in [1.29, 1.82) is 0 Å². The van der Waals surface area contributed by atoms with Gasteiger partial charge in [-0.05, 0) is 76.9 Å². The third-order valence-corrected chi connectivity index (χ3v) is 13.5. The molecule has 0 saturated carbocycles. The van der Waals surface area contributed by atoms with Crippen molar-refractivity contribution in [3.63, 3.8) is 0 Å². The van der Waals surface area contributed by atoms with Crippen LogP contribution in [0.15, 0.2) is 205 Å². The summed E-state index contributed by atoms with van der Waals surface area (Å²) >= 11 is 1.84. The van der Waals surface area contributed by atoms with Gasteiger partial charge in [-0.3, -0.25) is 0 Å². The van der Waals surface area contributed by atoms with Crippen LogP contribution >= 0.6 is 11.3 Å². The molecule has 0 aliphatic rings. The number of nitrogens with zero attached hydrogens (tertiary/aromatic N) is 3. The van der Waals surface area contributed by atoms with Crippen LogP contribution in [0.3, 0.4) is 0 Å². The SMILES string of the molecule is c1ccc(-c2cccc3c2sc2c(-c4nc(-c5cccc6oc7ccc(-c8ccc9c(c8)c8ccccc8n9-c8ccccc8)cc7c56)nc5ccccc45)cccc23)cc1. The van der Waals surface area contributed by atoms with Gasteiger partial charge in [0.15, 0.2) is 5.82 Å². The molecule has 0 atom stereocenters. The smallest absolute Gasteiger partial charge is 0.161 e. The van der Waals surface area contributed by atoms with E-state index in [1.54, 1.807) is 0 Å². The van der Waals surface area contributed by atoms with Gasteiger partial charge in [0.25, 0.3) is 0 Å². The zero-order valence-electron chi connectivity index (χ0n) is 32.7. The van der Waals surface area contributed by atoms with Crippen molar-refractivity contribution < 1.29 is 4.42 Å². The summed E-state index contributed by atoms with van der Waals surface area (Å²) in [6.45, 7) is 0. The molecular formula is C56H33N3OS. The number of hydrogen-bond acceptors (Lipinski definition) is 4. The summed E-state index contributed by atoms with van der Waals surface area (Å²) in [4.78, 5) is 10.8. The third-order valence-electron chi connectivity index (χ3n) is 12.2. The molecule has 0 aliphatic heterocycles. The lowest BCUT2D eigenvalue weighted by Crippen LogP contribution is -1.95. The van der Waals surface area contributed by atoms with Crippen molar-refractivity contribution in [2.45, 2.75) is 0 Å². The first-order valence-corrected chi connectivity index (χ1v) is 21.4. The third kappa shape index (κ3) is 5.24. The van der Waals surface area contributed by atoms with E-state index in [0.717, 1.165) is 66.5 Å². The molecule has 284 valence electrons. The lowest BCUT2D eigenvalue weighted by molar-refractivity contribution is 0.669. The van der Waals surface area contributed by atoms with Crippen molar-refractivity contribution in [2.24, 2.45) is 0 Å². The Labute approximate surface area is 354 Å². The van der Waals surface area contributed by atoms with Gasteiger partial charge in [-0.25, -0.2) is 9.97 Å². The summed E-state index contributed by atoms with van der Waals surface area (Å²) in [5, 5.41) is 8.01. The Bertz CT molecular complexity index is 3880. The highest BCUT2D eigenvalue weighted by atomic mass is 32.1. The summed E-state index contributed by atoms with van der Waals surface area (Å²) < 4.78 is 11.4. The fourth-order valence-corrected chi connectivity index (χ4v) is 10.8. The van der Waals surface area contributed by atoms with Crippen LogP contribution < -0.4 is 0 Å². The number of rotatable bonds is 5. The Morgan fingerprint density at radius 1 is 0.393 bits per heavy atom. The van der Waals surface area contributed by atoms with Gasteiger partial charge in [0.2, 0.25) is 0 Å². The van der Waals surface area contributed by atoms with Crippen LogP contribution in [-0.2, 0) is 0 Å². The van der Waals surface area contributed by atoms with E-state index < -0.39 is 0 Å². The quantitative estimate of drug-likeness (QED) is 0.174. The van der Waals surface area contributed by atoms with Crippen LogP contribution in [0.25, 0.3) is 125 Å². The summed E-state index contributed by atoms with van der Waals surface area (Å²) in [5.74, 6) is 0.672. The summed E-state index contributed by atoms with van der Waals surface area (Å²) in [5.41, 5.74) is 13.8. The first kappa shape index (κ1) is 34.0. The molecule has 4 heterocycles. The van der Waals surface area contributed by atoms with E-state index in [2.05, 4.69) is 193 Å². The first-order valence-electron chi connectivity index (χ1n) is 20.6. The number of fused-ring (bicyclic) bond motifs is 10. The van der Waals surface area contributed by atoms with Gasteiger partial charge in [-0.15, -0.1) is 11.3 Å². The Balaban J connectivity index is 0.994. The molecule has 0 bridgehead atoms. The normalized spacial score (nSPS) is 11.9. The average molecular weight is 796 g/mol. The zero-order chi connectivity index (χ0) is 40.0. The van der Waals surface area contributed by atoms with Crippen LogP contribution in [0.2, 0.25) is 0 Å². The second kappa shape index (κ2) is 13.3. The molecule has 9 aromatic carbocycles. The minimum atomic E-state index is 0.672. The van der Waals surface area contributed by atoms with Crippen LogP contribution in [-0.4, -0.2) is 14.5 Å². The maximum absolute atomic E-state index is 6.57. The van der Waals surface area contributed by atoms with E-state index in [1.807, 2.05) is 23.5 Å². The first-order chi connectivity index (χ1) is 30.2. The fraction of sp³-hybridized carbons (Fsp3) is 0. The van der Waals surface area contributed by atoms with E-state index in [1.165, 1.54) is 53.1 Å². The highest BCUT2D eigenvalue weighted by molar-refractivity contribution is 7.26. The molecule has 4 aromatic heterocycles. The molecule has 13 rings (SSSR count). The van der Waals surface area contributed by atoms with E-state index in [0.29, 0.717) is 5.82 Å². The molecule has 5 heteroatoms. The molecule has 0 unspecified atom stereocenters. The molecule has 4 nitrogen and oxygen atoms in total. The summed E-state index contributed by atoms with van der Waals surface area (Å²) in [6, 6.07) is 71.2. The molecular weight excluding hydrogens is 763 g/mol. The van der Waals surface area contributed by atoms with Crippen molar-refractivity contribution in [1.82, 2.24) is 14.5 Å². The van der Waals surface area contributed by atoms with Gasteiger partial charge in [0.05, 0.1) is 22.2 Å². The average Bonchev–Trinajstić information content (AvgIpc) is 4.01. The van der Waals surface area contributed by atoms with Crippen LogP contribution in [0.5, 0.6) is 0 Å². The van der Waals surface area contributed by atoms with Gasteiger partial charge in [-0.2, -0.15) is 0 Å². The minimum absolute atomic E-state index is 0.672. The highest BCUT2D eigenvalue weighted by Gasteiger charge is 2.21. The molecule has 0 N–H and O–H groups in total. The van der Waals surface area contributed by atoms with Crippen molar-refractivity contribution in [2.75, 3.05) is 0 Å². The number of thiophene rings is 1. The maximum Gasteiger partial charge on any atom is 0.161 e. The van der Waals surface area contributed by atoms with E-state index >= 15 is 0 Å². The zero-order valence-corrected chi connectivity index (χ0v) is 33.5. The maximum atomic E-state index is 6.57. The van der Waals surface area contributed by atoms with Gasteiger partial charge in [-0.1, -0.05) is 146 Å². The minimum Gasteiger partial charge on any atom is -0.456 e. The lowest BCUT2D eigenvalue weighted by atomic mass is 9.98. The number of benzene rings is 9. The summed E-state index contributed by atoms with van der Waals surface area (Å²) in [7, 11) is 0. The predicted octanol–water partition coefficient (Wildman–Crippen LogP) is 15.7. The largest absolute Gasteiger partial charge is 0.456 e. The summed E-state index contributed by atoms with van der Waals surface area (Å²) in [6.07, 6.45) is 0. The van der Waals surface area contributed by atoms with E-state index in [4.69, 9.17) is 14.4 Å². The highest BCUT2D eigenvalue weighted by Crippen LogP contribution is 2.46. The van der Waals surface area contributed by atoms with Crippen molar-refractivity contribution in [3.05, 3.63) is 200 Å². The van der Waals surface area contributed by atoms with Crippen LogP contribution in [0.4, 0.5) is 0 Å². The monoisotopic (exact) mass is 795 g/mol. The predicted molar refractivity (Wildman–Crippen MR) is 256 cm³/mol. The standard InChI is InChI=1S/C56H33N3OS/c1-3-14-34(15-4-1)38-20-11-21-40-41-22-12-24-44(55(41)61-54(38)40)53-42-19-7-9-25-47(42)57-56(58-53)43-23-13-27-51-52(43)46-33-36(29-31-50(46)60-51)35-28-30-49-45(32-35)39-18-8-10-26-48(39)59(49)37-16-5-2-6-17-37/h1-33H. The van der Waals surface area contributed by atoms with Gasteiger partial charge < -0.3 is 8.98 Å². The fourth-order valence-electron chi connectivity index (χ4n) is 9.45. The number of para-hydroxylation sites is 3. The number of furan rings is 1. The van der Waals surface area contributed by atoms with Crippen molar-refractivity contribution in [3.8, 4) is 50.6 Å². The van der Waals surface area contributed by atoms with Crippen LogP contribution in [0.1, 0.15) is 0 Å². The Hall–Kier alpha value is -7.86. The Morgan fingerprint density at radius 2 is 1.02 bits per heavy atom. The lowest BCUT2D eigenvalue weighted by Gasteiger charge is -2.11. The molecule has 0 spiro atoms. The molecule has 61 heavy (non-hydrogen) atoms. The van der Waals surface area contributed by atoms with Gasteiger partial charge in [0, 0.05) is 63.9 Å². The van der Waals surface area contributed by atoms with Crippen molar-refractivity contribution >= 4 is 86.2 Å². The molecule has 0 saturated heterocycles. The second-order valence-electron chi connectivity index (χ2n) is 15.7. The van der Waals surface area contributed by atoms with Gasteiger partial charge >= 0.3 is 0 Å². The second-order valence-corrected chi connectivity index (χ2v) is 16.7.